The van der Waals surface area contributed by atoms with Crippen molar-refractivity contribution in [3.05, 3.63) is 35.9 Å². The molecule has 0 bridgehead atoms. The number of aliphatic carboxylic acids is 1. The number of alkyl halides is 2. The lowest BCUT2D eigenvalue weighted by molar-refractivity contribution is -0.146. The SMILES string of the molecule is O=C(O)C(c1ccccc1)N1CCC(F)(F)CC1. The molecular formula is C13H15F2NO2. The van der Waals surface area contributed by atoms with Gasteiger partial charge in [0, 0.05) is 25.9 Å². The van der Waals surface area contributed by atoms with Gasteiger partial charge in [-0.3, -0.25) is 9.69 Å². The third kappa shape index (κ3) is 2.85. The summed E-state index contributed by atoms with van der Waals surface area (Å²) in [5.41, 5.74) is 0.634. The second kappa shape index (κ2) is 5.02. The molecular weight excluding hydrogens is 240 g/mol. The van der Waals surface area contributed by atoms with Gasteiger partial charge in [-0.1, -0.05) is 30.3 Å². The fourth-order valence-corrected chi connectivity index (χ4v) is 2.25. The van der Waals surface area contributed by atoms with E-state index >= 15 is 0 Å². The van der Waals surface area contributed by atoms with E-state index in [1.807, 2.05) is 0 Å². The highest BCUT2D eigenvalue weighted by Crippen LogP contribution is 2.32. The first kappa shape index (κ1) is 13.0. The summed E-state index contributed by atoms with van der Waals surface area (Å²) >= 11 is 0. The Balaban J connectivity index is 2.15. The van der Waals surface area contributed by atoms with E-state index in [2.05, 4.69) is 0 Å². The summed E-state index contributed by atoms with van der Waals surface area (Å²) in [6.45, 7) is 0.220. The number of benzene rings is 1. The molecule has 1 fully saturated rings. The number of carboxylic acid groups (broad SMARTS) is 1. The van der Waals surface area contributed by atoms with Crippen LogP contribution >= 0.6 is 0 Å². The number of hydrogen-bond acceptors (Lipinski definition) is 2. The highest BCUT2D eigenvalue weighted by atomic mass is 19.3. The molecule has 1 aliphatic rings. The van der Waals surface area contributed by atoms with Crippen LogP contribution in [0.15, 0.2) is 30.3 Å². The molecule has 1 heterocycles. The van der Waals surface area contributed by atoms with Crippen LogP contribution in [0.4, 0.5) is 8.78 Å². The predicted molar refractivity (Wildman–Crippen MR) is 62.6 cm³/mol. The Bertz CT molecular complexity index is 412. The minimum absolute atomic E-state index is 0.110. The van der Waals surface area contributed by atoms with E-state index < -0.39 is 17.9 Å². The van der Waals surface area contributed by atoms with Gasteiger partial charge < -0.3 is 5.11 Å². The lowest BCUT2D eigenvalue weighted by Gasteiger charge is -2.35. The van der Waals surface area contributed by atoms with E-state index in [4.69, 9.17) is 0 Å². The maximum absolute atomic E-state index is 13.1. The molecule has 1 atom stereocenters. The third-order valence-corrected chi connectivity index (χ3v) is 3.24. The third-order valence-electron chi connectivity index (χ3n) is 3.24. The molecule has 1 aromatic carbocycles. The second-order valence-corrected chi connectivity index (χ2v) is 4.54. The fraction of sp³-hybridized carbons (Fsp3) is 0.462. The molecule has 0 spiro atoms. The van der Waals surface area contributed by atoms with Crippen LogP contribution in [0, 0.1) is 0 Å². The molecule has 0 radical (unpaired) electrons. The van der Waals surface area contributed by atoms with Crippen molar-refractivity contribution in [3.8, 4) is 0 Å². The smallest absolute Gasteiger partial charge is 0.325 e. The molecule has 0 aliphatic carbocycles. The van der Waals surface area contributed by atoms with Crippen molar-refractivity contribution in [1.29, 1.82) is 0 Å². The van der Waals surface area contributed by atoms with Crippen LogP contribution in [0.2, 0.25) is 0 Å². The maximum Gasteiger partial charge on any atom is 0.325 e. The van der Waals surface area contributed by atoms with Gasteiger partial charge in [0.1, 0.15) is 6.04 Å². The molecule has 1 saturated heterocycles. The zero-order valence-electron chi connectivity index (χ0n) is 9.85. The Morgan fingerprint density at radius 1 is 1.22 bits per heavy atom. The number of carboxylic acids is 1. The quantitative estimate of drug-likeness (QED) is 0.902. The first-order valence-electron chi connectivity index (χ1n) is 5.89. The van der Waals surface area contributed by atoms with Crippen molar-refractivity contribution in [3.63, 3.8) is 0 Å². The number of hydrogen-bond donors (Lipinski definition) is 1. The number of likely N-dealkylation sites (tertiary alicyclic amines) is 1. The first-order chi connectivity index (χ1) is 8.49. The Morgan fingerprint density at radius 3 is 2.28 bits per heavy atom. The van der Waals surface area contributed by atoms with E-state index in [1.54, 1.807) is 35.2 Å². The van der Waals surface area contributed by atoms with Gasteiger partial charge in [-0.2, -0.15) is 0 Å². The molecule has 1 unspecified atom stereocenters. The van der Waals surface area contributed by atoms with Gasteiger partial charge >= 0.3 is 5.97 Å². The number of halogens is 2. The van der Waals surface area contributed by atoms with Crippen molar-refractivity contribution < 1.29 is 18.7 Å². The maximum atomic E-state index is 13.1. The van der Waals surface area contributed by atoms with Crippen LogP contribution in [-0.2, 0) is 4.79 Å². The van der Waals surface area contributed by atoms with E-state index in [-0.39, 0.29) is 25.9 Å². The minimum Gasteiger partial charge on any atom is -0.480 e. The Kier molecular flexibility index (Phi) is 3.61. The van der Waals surface area contributed by atoms with E-state index in [9.17, 15) is 18.7 Å². The number of carbonyl (C=O) groups is 1. The highest BCUT2D eigenvalue weighted by Gasteiger charge is 2.38. The minimum atomic E-state index is -2.66. The van der Waals surface area contributed by atoms with Gasteiger partial charge in [0.25, 0.3) is 5.92 Å². The molecule has 1 aromatic rings. The molecule has 18 heavy (non-hydrogen) atoms. The highest BCUT2D eigenvalue weighted by molar-refractivity contribution is 5.75. The summed E-state index contributed by atoms with van der Waals surface area (Å²) in [6.07, 6.45) is -0.548. The Morgan fingerprint density at radius 2 is 1.78 bits per heavy atom. The fourth-order valence-electron chi connectivity index (χ4n) is 2.25. The van der Waals surface area contributed by atoms with Crippen molar-refractivity contribution in [2.75, 3.05) is 13.1 Å². The molecule has 0 saturated carbocycles. The van der Waals surface area contributed by atoms with E-state index in [0.29, 0.717) is 5.56 Å². The molecule has 3 nitrogen and oxygen atoms in total. The van der Waals surface area contributed by atoms with Crippen LogP contribution in [0.3, 0.4) is 0 Å². The van der Waals surface area contributed by atoms with Gasteiger partial charge in [0.05, 0.1) is 0 Å². The van der Waals surface area contributed by atoms with Gasteiger partial charge in [0.2, 0.25) is 0 Å². The lowest BCUT2D eigenvalue weighted by atomic mass is 10.00. The molecule has 0 aromatic heterocycles. The zero-order chi connectivity index (χ0) is 13.2. The van der Waals surface area contributed by atoms with Gasteiger partial charge in [-0.15, -0.1) is 0 Å². The molecule has 1 N–H and O–H groups in total. The normalized spacial score (nSPS) is 21.4. The van der Waals surface area contributed by atoms with Crippen molar-refractivity contribution in [2.45, 2.75) is 24.8 Å². The van der Waals surface area contributed by atoms with Crippen molar-refractivity contribution in [2.24, 2.45) is 0 Å². The Labute approximate surface area is 104 Å². The topological polar surface area (TPSA) is 40.5 Å². The molecule has 98 valence electrons. The summed E-state index contributed by atoms with van der Waals surface area (Å²) < 4.78 is 26.1. The average molecular weight is 255 g/mol. The van der Waals surface area contributed by atoms with Crippen molar-refractivity contribution >= 4 is 5.97 Å². The zero-order valence-corrected chi connectivity index (χ0v) is 9.85. The van der Waals surface area contributed by atoms with Crippen LogP contribution in [-0.4, -0.2) is 35.0 Å². The van der Waals surface area contributed by atoms with Gasteiger partial charge in [-0.25, -0.2) is 8.78 Å². The molecule has 1 aliphatic heterocycles. The monoisotopic (exact) mass is 255 g/mol. The largest absolute Gasteiger partial charge is 0.480 e. The summed E-state index contributed by atoms with van der Waals surface area (Å²) in [7, 11) is 0. The summed E-state index contributed by atoms with van der Waals surface area (Å²) in [6, 6.07) is 7.90. The van der Waals surface area contributed by atoms with E-state index in [0.717, 1.165) is 0 Å². The van der Waals surface area contributed by atoms with Crippen LogP contribution in [0.25, 0.3) is 0 Å². The summed E-state index contributed by atoms with van der Waals surface area (Å²) in [5, 5.41) is 9.28. The van der Waals surface area contributed by atoms with Crippen LogP contribution < -0.4 is 0 Å². The summed E-state index contributed by atoms with van der Waals surface area (Å²) in [4.78, 5) is 12.9. The van der Waals surface area contributed by atoms with Crippen LogP contribution in [0.5, 0.6) is 0 Å². The average Bonchev–Trinajstić information content (AvgIpc) is 2.33. The number of rotatable bonds is 3. The molecule has 0 amide bonds. The van der Waals surface area contributed by atoms with Crippen LogP contribution in [0.1, 0.15) is 24.4 Å². The van der Waals surface area contributed by atoms with Gasteiger partial charge in [0.15, 0.2) is 0 Å². The lowest BCUT2D eigenvalue weighted by Crippen LogP contribution is -2.43. The summed E-state index contributed by atoms with van der Waals surface area (Å²) in [5.74, 6) is -3.65. The number of nitrogens with zero attached hydrogens (tertiary/aromatic N) is 1. The molecule has 2 rings (SSSR count). The van der Waals surface area contributed by atoms with Crippen molar-refractivity contribution in [1.82, 2.24) is 4.90 Å². The standard InChI is InChI=1S/C13H15F2NO2/c14-13(15)6-8-16(9-7-13)11(12(17)18)10-4-2-1-3-5-10/h1-5,11H,6-9H2,(H,17,18). The Hall–Kier alpha value is -1.49. The first-order valence-corrected chi connectivity index (χ1v) is 5.89. The van der Waals surface area contributed by atoms with Gasteiger partial charge in [-0.05, 0) is 5.56 Å². The molecule has 5 heteroatoms. The second-order valence-electron chi connectivity index (χ2n) is 4.54. The number of piperidine rings is 1. The predicted octanol–water partition coefficient (Wildman–Crippen LogP) is 2.54. The van der Waals surface area contributed by atoms with E-state index in [1.165, 1.54) is 0 Å².